The molecular formula is C11H18N2OS. The quantitative estimate of drug-likeness (QED) is 0.794. The Hall–Kier alpha value is -0.420. The van der Waals surface area contributed by atoms with Gasteiger partial charge in [-0.1, -0.05) is 0 Å². The second-order valence-electron chi connectivity index (χ2n) is 4.39. The molecule has 15 heavy (non-hydrogen) atoms. The second kappa shape index (κ2) is 4.22. The van der Waals surface area contributed by atoms with Crippen molar-refractivity contribution in [1.29, 1.82) is 0 Å². The average molecular weight is 226 g/mol. The summed E-state index contributed by atoms with van der Waals surface area (Å²) >= 11 is 1.72. The Morgan fingerprint density at radius 1 is 1.60 bits per heavy atom. The number of hydrogen-bond donors (Lipinski definition) is 2. The molecule has 0 saturated carbocycles. The monoisotopic (exact) mass is 226 g/mol. The van der Waals surface area contributed by atoms with Crippen molar-refractivity contribution in [1.82, 2.24) is 4.90 Å². The first-order valence-corrected chi connectivity index (χ1v) is 6.13. The van der Waals surface area contributed by atoms with Crippen molar-refractivity contribution >= 4 is 11.3 Å². The zero-order valence-electron chi connectivity index (χ0n) is 9.23. The number of nitrogens with zero attached hydrogens (tertiary/aromatic N) is 1. The van der Waals surface area contributed by atoms with E-state index in [0.717, 1.165) is 24.4 Å². The van der Waals surface area contributed by atoms with Crippen LogP contribution in [0.15, 0.2) is 6.07 Å². The zero-order chi connectivity index (χ0) is 11.0. The first kappa shape index (κ1) is 11.1. The smallest absolute Gasteiger partial charge is 0.103 e. The fraction of sp³-hybridized carbons (Fsp3) is 0.636. The molecule has 0 bridgehead atoms. The number of aliphatic hydroxyl groups is 1. The van der Waals surface area contributed by atoms with E-state index in [1.54, 1.807) is 11.3 Å². The van der Waals surface area contributed by atoms with Crippen molar-refractivity contribution in [2.45, 2.75) is 32.0 Å². The van der Waals surface area contributed by atoms with Crippen molar-refractivity contribution in [3.8, 4) is 0 Å². The first-order valence-electron chi connectivity index (χ1n) is 5.31. The van der Waals surface area contributed by atoms with Gasteiger partial charge in [0, 0.05) is 28.9 Å². The van der Waals surface area contributed by atoms with Crippen LogP contribution in [0.3, 0.4) is 0 Å². The molecule has 84 valence electrons. The highest BCUT2D eigenvalue weighted by atomic mass is 32.1. The molecule has 3 nitrogen and oxygen atoms in total. The summed E-state index contributed by atoms with van der Waals surface area (Å²) < 4.78 is 0. The maximum Gasteiger partial charge on any atom is 0.103 e. The molecule has 4 heteroatoms. The van der Waals surface area contributed by atoms with E-state index < -0.39 is 6.10 Å². The molecule has 1 aromatic rings. The molecule has 2 rings (SSSR count). The van der Waals surface area contributed by atoms with Gasteiger partial charge in [0.2, 0.25) is 0 Å². The molecular weight excluding hydrogens is 208 g/mol. The van der Waals surface area contributed by atoms with Gasteiger partial charge in [0.15, 0.2) is 0 Å². The van der Waals surface area contributed by atoms with Gasteiger partial charge in [0.25, 0.3) is 0 Å². The maximum atomic E-state index is 9.88. The number of fused-ring (bicyclic) bond motifs is 1. The van der Waals surface area contributed by atoms with Crippen molar-refractivity contribution in [3.63, 3.8) is 0 Å². The average Bonchev–Trinajstić information content (AvgIpc) is 2.58. The van der Waals surface area contributed by atoms with Crippen LogP contribution < -0.4 is 5.73 Å². The minimum Gasteiger partial charge on any atom is -0.386 e. The van der Waals surface area contributed by atoms with Crippen LogP contribution in [0.25, 0.3) is 0 Å². The summed E-state index contributed by atoms with van der Waals surface area (Å²) in [5.41, 5.74) is 7.06. The Labute approximate surface area is 94.5 Å². The normalized spacial score (nSPS) is 21.1. The third-order valence-corrected chi connectivity index (χ3v) is 4.17. The second-order valence-corrected chi connectivity index (χ2v) is 5.56. The van der Waals surface area contributed by atoms with Crippen LogP contribution in [0.4, 0.5) is 0 Å². The minimum atomic E-state index is -0.508. The highest BCUT2D eigenvalue weighted by molar-refractivity contribution is 7.12. The van der Waals surface area contributed by atoms with Crippen LogP contribution >= 0.6 is 11.3 Å². The van der Waals surface area contributed by atoms with E-state index in [4.69, 9.17) is 5.73 Å². The van der Waals surface area contributed by atoms with E-state index in [1.165, 1.54) is 10.4 Å². The SMILES string of the molecule is CC(N)C(O)c1cc2c(s1)CCN(C)C2. The molecule has 2 heterocycles. The lowest BCUT2D eigenvalue weighted by Crippen LogP contribution is -2.25. The molecule has 2 unspecified atom stereocenters. The number of thiophene rings is 1. The van der Waals surface area contributed by atoms with E-state index in [0.29, 0.717) is 0 Å². The molecule has 0 spiro atoms. The van der Waals surface area contributed by atoms with Gasteiger partial charge < -0.3 is 15.7 Å². The summed E-state index contributed by atoms with van der Waals surface area (Å²) in [4.78, 5) is 4.74. The largest absolute Gasteiger partial charge is 0.386 e. The van der Waals surface area contributed by atoms with Crippen LogP contribution in [0, 0.1) is 0 Å². The summed E-state index contributed by atoms with van der Waals surface area (Å²) in [5.74, 6) is 0. The Morgan fingerprint density at radius 3 is 3.00 bits per heavy atom. The lowest BCUT2D eigenvalue weighted by atomic mass is 10.1. The fourth-order valence-corrected chi connectivity index (χ4v) is 3.17. The van der Waals surface area contributed by atoms with E-state index in [2.05, 4.69) is 18.0 Å². The van der Waals surface area contributed by atoms with E-state index in [-0.39, 0.29) is 6.04 Å². The van der Waals surface area contributed by atoms with Gasteiger partial charge in [0.1, 0.15) is 6.10 Å². The Bertz CT molecular complexity index is 348. The van der Waals surface area contributed by atoms with E-state index in [9.17, 15) is 5.11 Å². The summed E-state index contributed by atoms with van der Waals surface area (Å²) in [6.45, 7) is 3.95. The number of nitrogens with two attached hydrogens (primary N) is 1. The highest BCUT2D eigenvalue weighted by Gasteiger charge is 2.21. The third-order valence-electron chi connectivity index (χ3n) is 2.87. The zero-order valence-corrected chi connectivity index (χ0v) is 10.0. The van der Waals surface area contributed by atoms with Crippen LogP contribution in [-0.2, 0) is 13.0 Å². The van der Waals surface area contributed by atoms with Crippen molar-refractivity contribution < 1.29 is 5.11 Å². The molecule has 3 N–H and O–H groups in total. The van der Waals surface area contributed by atoms with Crippen LogP contribution in [0.2, 0.25) is 0 Å². The highest BCUT2D eigenvalue weighted by Crippen LogP contribution is 2.32. The Kier molecular flexibility index (Phi) is 3.11. The number of hydrogen-bond acceptors (Lipinski definition) is 4. The molecule has 1 aliphatic rings. The van der Waals surface area contributed by atoms with Crippen molar-refractivity contribution in [3.05, 3.63) is 21.4 Å². The maximum absolute atomic E-state index is 9.88. The molecule has 1 aliphatic heterocycles. The molecule has 0 aliphatic carbocycles. The number of likely N-dealkylation sites (N-methyl/N-ethyl adjacent to an activating group) is 1. The molecule has 0 fully saturated rings. The van der Waals surface area contributed by atoms with Crippen molar-refractivity contribution in [2.75, 3.05) is 13.6 Å². The predicted molar refractivity (Wildman–Crippen MR) is 63.0 cm³/mol. The molecule has 0 saturated heterocycles. The summed E-state index contributed by atoms with van der Waals surface area (Å²) in [6.07, 6.45) is 0.591. The van der Waals surface area contributed by atoms with Gasteiger partial charge in [-0.15, -0.1) is 11.3 Å². The molecule has 1 aromatic heterocycles. The Balaban J connectivity index is 2.22. The Morgan fingerprint density at radius 2 is 2.33 bits per heavy atom. The summed E-state index contributed by atoms with van der Waals surface area (Å²) in [6, 6.07) is 1.92. The molecule has 0 amide bonds. The van der Waals surface area contributed by atoms with Gasteiger partial charge in [-0.25, -0.2) is 0 Å². The van der Waals surface area contributed by atoms with E-state index >= 15 is 0 Å². The lowest BCUT2D eigenvalue weighted by molar-refractivity contribution is 0.157. The third kappa shape index (κ3) is 2.23. The fourth-order valence-electron chi connectivity index (χ4n) is 1.90. The molecule has 0 radical (unpaired) electrons. The van der Waals surface area contributed by atoms with Gasteiger partial charge in [0.05, 0.1) is 0 Å². The van der Waals surface area contributed by atoms with Gasteiger partial charge in [-0.2, -0.15) is 0 Å². The van der Waals surface area contributed by atoms with Gasteiger partial charge in [-0.3, -0.25) is 0 Å². The molecule has 2 atom stereocenters. The number of aliphatic hydroxyl groups excluding tert-OH is 1. The van der Waals surface area contributed by atoms with Crippen LogP contribution in [-0.4, -0.2) is 29.6 Å². The van der Waals surface area contributed by atoms with Crippen LogP contribution in [0.5, 0.6) is 0 Å². The van der Waals surface area contributed by atoms with Crippen molar-refractivity contribution in [2.24, 2.45) is 5.73 Å². The van der Waals surface area contributed by atoms with Gasteiger partial charge in [-0.05, 0) is 32.0 Å². The minimum absolute atomic E-state index is 0.192. The van der Waals surface area contributed by atoms with E-state index in [1.807, 2.05) is 6.92 Å². The topological polar surface area (TPSA) is 49.5 Å². The predicted octanol–water partition coefficient (Wildman–Crippen LogP) is 1.12. The summed E-state index contributed by atoms with van der Waals surface area (Å²) in [5, 5.41) is 9.88. The first-order chi connectivity index (χ1) is 7.08. The molecule has 0 aromatic carbocycles. The summed E-state index contributed by atoms with van der Waals surface area (Å²) in [7, 11) is 2.13. The standard InChI is InChI=1S/C11H18N2OS/c1-7(12)11(14)10-5-8-6-13(2)4-3-9(8)15-10/h5,7,11,14H,3-4,6,12H2,1-2H3. The van der Waals surface area contributed by atoms with Crippen LogP contribution in [0.1, 0.15) is 28.3 Å². The van der Waals surface area contributed by atoms with Gasteiger partial charge >= 0.3 is 0 Å². The lowest BCUT2D eigenvalue weighted by Gasteiger charge is -2.21. The number of rotatable bonds is 2.